The van der Waals surface area contributed by atoms with Gasteiger partial charge in [0.05, 0.1) is 39.7 Å². The average molecular weight is 492 g/mol. The van der Waals surface area contributed by atoms with E-state index in [0.717, 1.165) is 51.7 Å². The van der Waals surface area contributed by atoms with Crippen molar-refractivity contribution in [3.05, 3.63) is 65.2 Å². The standard InChI is InChI=1S/C25H23ClFN7O/c1-14-24(33(2)32-31-14)16-10-20-22(30-12-16)17-13-29-21(26)11-19(17)34(20)25(15-5-8-35-9-6-15)23-18(27)4-3-7-28-23/h3-4,7,10-13,15,25H,5-6,8-9H2,1-2H3/t25-/m1/s1. The normalized spacial score (nSPS) is 15.8. The van der Waals surface area contributed by atoms with Crippen LogP contribution >= 0.6 is 11.6 Å². The summed E-state index contributed by atoms with van der Waals surface area (Å²) in [6, 6.07) is 6.59. The molecule has 0 radical (unpaired) electrons. The number of hydrogen-bond donors (Lipinski definition) is 0. The number of aromatic nitrogens is 7. The highest BCUT2D eigenvalue weighted by molar-refractivity contribution is 6.30. The molecule has 0 aliphatic carbocycles. The fourth-order valence-electron chi connectivity index (χ4n) is 5.26. The highest BCUT2D eigenvalue weighted by Gasteiger charge is 2.33. The van der Waals surface area contributed by atoms with E-state index in [0.29, 0.717) is 24.1 Å². The molecule has 8 nitrogen and oxygen atoms in total. The van der Waals surface area contributed by atoms with Crippen molar-refractivity contribution in [3.63, 3.8) is 0 Å². The first kappa shape index (κ1) is 22.1. The van der Waals surface area contributed by atoms with Crippen LogP contribution in [0.4, 0.5) is 4.39 Å². The second-order valence-electron chi connectivity index (χ2n) is 8.90. The molecule has 0 aromatic carbocycles. The highest BCUT2D eigenvalue weighted by atomic mass is 35.5. The van der Waals surface area contributed by atoms with Crippen molar-refractivity contribution < 1.29 is 9.13 Å². The Labute approximate surface area is 205 Å². The number of aryl methyl sites for hydroxylation is 2. The van der Waals surface area contributed by atoms with Crippen LogP contribution < -0.4 is 0 Å². The predicted octanol–water partition coefficient (Wildman–Crippen LogP) is 4.89. The van der Waals surface area contributed by atoms with Gasteiger partial charge in [-0.05, 0) is 49.9 Å². The third kappa shape index (κ3) is 3.66. The zero-order valence-corrected chi connectivity index (χ0v) is 20.1. The van der Waals surface area contributed by atoms with E-state index < -0.39 is 0 Å². The minimum atomic E-state index is -0.374. The first-order valence-corrected chi connectivity index (χ1v) is 11.9. The molecule has 6 rings (SSSR count). The largest absolute Gasteiger partial charge is 0.381 e. The van der Waals surface area contributed by atoms with E-state index in [1.54, 1.807) is 23.1 Å². The summed E-state index contributed by atoms with van der Waals surface area (Å²) in [6.45, 7) is 3.16. The van der Waals surface area contributed by atoms with Gasteiger partial charge in [-0.15, -0.1) is 5.10 Å². The van der Waals surface area contributed by atoms with E-state index in [-0.39, 0.29) is 17.8 Å². The molecule has 35 heavy (non-hydrogen) atoms. The molecule has 1 aliphatic heterocycles. The van der Waals surface area contributed by atoms with E-state index in [1.165, 1.54) is 6.07 Å². The summed E-state index contributed by atoms with van der Waals surface area (Å²) in [7, 11) is 1.85. The van der Waals surface area contributed by atoms with Gasteiger partial charge in [0.1, 0.15) is 11.0 Å². The smallest absolute Gasteiger partial charge is 0.146 e. The Bertz CT molecular complexity index is 1540. The van der Waals surface area contributed by atoms with Crippen LogP contribution in [0.25, 0.3) is 33.2 Å². The van der Waals surface area contributed by atoms with Crippen molar-refractivity contribution in [1.82, 2.24) is 34.5 Å². The minimum Gasteiger partial charge on any atom is -0.381 e. The maximum Gasteiger partial charge on any atom is 0.146 e. The molecule has 0 N–H and O–H groups in total. The molecule has 0 spiro atoms. The highest BCUT2D eigenvalue weighted by Crippen LogP contribution is 2.41. The Balaban J connectivity index is 1.69. The van der Waals surface area contributed by atoms with E-state index in [9.17, 15) is 0 Å². The third-order valence-electron chi connectivity index (χ3n) is 6.82. The lowest BCUT2D eigenvalue weighted by Gasteiger charge is -2.32. The van der Waals surface area contributed by atoms with Crippen LogP contribution in [0.2, 0.25) is 5.15 Å². The number of halogens is 2. The van der Waals surface area contributed by atoms with Gasteiger partial charge in [-0.25, -0.2) is 14.1 Å². The van der Waals surface area contributed by atoms with Crippen LogP contribution in [0, 0.1) is 18.7 Å². The van der Waals surface area contributed by atoms with E-state index >= 15 is 4.39 Å². The van der Waals surface area contributed by atoms with Gasteiger partial charge in [-0.3, -0.25) is 9.97 Å². The number of rotatable bonds is 4. The lowest BCUT2D eigenvalue weighted by molar-refractivity contribution is 0.0543. The number of nitrogens with zero attached hydrogens (tertiary/aromatic N) is 7. The van der Waals surface area contributed by atoms with Gasteiger partial charge in [0.2, 0.25) is 0 Å². The molecule has 1 saturated heterocycles. The predicted molar refractivity (Wildman–Crippen MR) is 131 cm³/mol. The molecule has 1 atom stereocenters. The van der Waals surface area contributed by atoms with E-state index in [2.05, 4.69) is 30.9 Å². The zero-order valence-electron chi connectivity index (χ0n) is 19.3. The molecule has 0 unspecified atom stereocenters. The molecule has 5 aromatic rings. The number of fused-ring (bicyclic) bond motifs is 3. The van der Waals surface area contributed by atoms with Crippen LogP contribution in [-0.2, 0) is 11.8 Å². The number of pyridine rings is 3. The Morgan fingerprint density at radius 2 is 1.94 bits per heavy atom. The average Bonchev–Trinajstić information content (AvgIpc) is 3.36. The third-order valence-corrected chi connectivity index (χ3v) is 7.02. The molecule has 10 heteroatoms. The molecule has 0 saturated carbocycles. The first-order chi connectivity index (χ1) is 17.0. The van der Waals surface area contributed by atoms with Crippen LogP contribution in [0.5, 0.6) is 0 Å². The van der Waals surface area contributed by atoms with Gasteiger partial charge in [-0.1, -0.05) is 16.8 Å². The van der Waals surface area contributed by atoms with Gasteiger partial charge in [0, 0.05) is 49.8 Å². The van der Waals surface area contributed by atoms with Gasteiger partial charge in [0.25, 0.3) is 0 Å². The molecular formula is C25H23ClFN7O. The lowest BCUT2D eigenvalue weighted by atomic mass is 9.88. The van der Waals surface area contributed by atoms with Gasteiger partial charge in [-0.2, -0.15) is 0 Å². The van der Waals surface area contributed by atoms with E-state index in [4.69, 9.17) is 21.3 Å². The summed E-state index contributed by atoms with van der Waals surface area (Å²) in [5, 5.41) is 9.56. The Hall–Kier alpha value is -3.43. The van der Waals surface area contributed by atoms with Crippen molar-refractivity contribution >= 4 is 33.5 Å². The first-order valence-electron chi connectivity index (χ1n) is 11.5. The second kappa shape index (κ2) is 8.66. The molecule has 1 fully saturated rings. The topological polar surface area (TPSA) is 83.5 Å². The summed E-state index contributed by atoms with van der Waals surface area (Å²) in [6.07, 6.45) is 6.77. The minimum absolute atomic E-state index is 0.114. The fourth-order valence-corrected chi connectivity index (χ4v) is 5.42. The summed E-state index contributed by atoms with van der Waals surface area (Å²) in [5.74, 6) is -0.224. The van der Waals surface area contributed by atoms with Crippen LogP contribution in [0.1, 0.15) is 30.3 Å². The molecule has 1 aliphatic rings. The van der Waals surface area contributed by atoms with Gasteiger partial charge >= 0.3 is 0 Å². The summed E-state index contributed by atoms with van der Waals surface area (Å²) in [5.41, 5.74) is 5.41. The van der Waals surface area contributed by atoms with Gasteiger partial charge < -0.3 is 9.30 Å². The Kier molecular flexibility index (Phi) is 5.46. The van der Waals surface area contributed by atoms with Crippen molar-refractivity contribution in [2.45, 2.75) is 25.8 Å². The second-order valence-corrected chi connectivity index (χ2v) is 9.29. The monoisotopic (exact) mass is 491 g/mol. The summed E-state index contributed by atoms with van der Waals surface area (Å²) >= 11 is 6.37. The lowest BCUT2D eigenvalue weighted by Crippen LogP contribution is -2.28. The molecule has 0 bridgehead atoms. The zero-order chi connectivity index (χ0) is 24.1. The molecular weight excluding hydrogens is 469 g/mol. The fraction of sp³-hybridized carbons (Fsp3) is 0.320. The maximum absolute atomic E-state index is 15.3. The van der Waals surface area contributed by atoms with Crippen LogP contribution in [-0.4, -0.2) is 47.7 Å². The summed E-state index contributed by atoms with van der Waals surface area (Å²) < 4.78 is 24.8. The van der Waals surface area contributed by atoms with Crippen molar-refractivity contribution in [3.8, 4) is 11.3 Å². The maximum atomic E-state index is 15.3. The molecule has 6 heterocycles. The number of hydrogen-bond acceptors (Lipinski definition) is 6. The summed E-state index contributed by atoms with van der Waals surface area (Å²) in [4.78, 5) is 13.7. The van der Waals surface area contributed by atoms with Crippen molar-refractivity contribution in [2.75, 3.05) is 13.2 Å². The molecule has 178 valence electrons. The Morgan fingerprint density at radius 3 is 2.69 bits per heavy atom. The van der Waals surface area contributed by atoms with Gasteiger partial charge in [0.15, 0.2) is 0 Å². The van der Waals surface area contributed by atoms with Crippen molar-refractivity contribution in [1.29, 1.82) is 0 Å². The quantitative estimate of drug-likeness (QED) is 0.333. The van der Waals surface area contributed by atoms with Crippen LogP contribution in [0.15, 0.2) is 42.9 Å². The SMILES string of the molecule is Cc1nnn(C)c1-c1cnc2c3cnc(Cl)cc3n([C@@H](c3ncccc3F)C3CCOCC3)c2c1. The van der Waals surface area contributed by atoms with Crippen molar-refractivity contribution in [2.24, 2.45) is 13.0 Å². The van der Waals surface area contributed by atoms with E-state index in [1.807, 2.05) is 26.2 Å². The molecule has 5 aromatic heterocycles. The van der Waals surface area contributed by atoms with Crippen LogP contribution in [0.3, 0.4) is 0 Å². The Morgan fingerprint density at radius 1 is 1.11 bits per heavy atom. The molecule has 0 amide bonds. The number of ether oxygens (including phenoxy) is 1.